The average molecular weight is 558 g/mol. The van der Waals surface area contributed by atoms with Crippen molar-refractivity contribution in [1.29, 1.82) is 0 Å². The van der Waals surface area contributed by atoms with Gasteiger partial charge in [-0.25, -0.2) is 9.78 Å². The predicted octanol–water partition coefficient (Wildman–Crippen LogP) is 2.58. The number of thiocarbonyl (C=S) groups is 1. The molecule has 3 fully saturated rings. The number of rotatable bonds is 6. The van der Waals surface area contributed by atoms with Crippen LogP contribution in [-0.4, -0.2) is 68.8 Å². The van der Waals surface area contributed by atoms with E-state index >= 15 is 0 Å². The van der Waals surface area contributed by atoms with Gasteiger partial charge in [-0.05, 0) is 25.1 Å². The highest BCUT2D eigenvalue weighted by Crippen LogP contribution is 2.47. The van der Waals surface area contributed by atoms with Crippen LogP contribution in [0.2, 0.25) is 0 Å². The summed E-state index contributed by atoms with van der Waals surface area (Å²) in [6, 6.07) is 7.71. The summed E-state index contributed by atoms with van der Waals surface area (Å²) in [5, 5.41) is 2.94. The Hall–Kier alpha value is -3.35. The molecule has 1 aliphatic heterocycles. The summed E-state index contributed by atoms with van der Waals surface area (Å²) in [6.45, 7) is 2.57. The third kappa shape index (κ3) is 5.82. The molecule has 1 N–H and O–H groups in total. The minimum absolute atomic E-state index is 0.0915. The van der Waals surface area contributed by atoms with Crippen LogP contribution in [0.5, 0.6) is 0 Å². The molecule has 2 saturated carbocycles. The molecule has 2 aromatic rings. The van der Waals surface area contributed by atoms with E-state index < -0.39 is 54.3 Å². The summed E-state index contributed by atoms with van der Waals surface area (Å²) in [4.78, 5) is 41.7. The third-order valence-electron chi connectivity index (χ3n) is 7.17. The number of nitrogens with zero attached hydrogens (tertiary/aromatic N) is 2. The fourth-order valence-electron chi connectivity index (χ4n) is 5.55. The Kier molecular flexibility index (Phi) is 7.96. The molecule has 2 heterocycles. The molecule has 11 nitrogen and oxygen atoms in total. The van der Waals surface area contributed by atoms with E-state index in [1.165, 1.54) is 24.7 Å². The maximum Gasteiger partial charge on any atom is 0.352 e. The molecule has 5 rings (SSSR count). The topological polar surface area (TPSA) is 127 Å². The lowest BCUT2D eigenvalue weighted by Crippen LogP contribution is -2.53. The van der Waals surface area contributed by atoms with Crippen LogP contribution in [0.25, 0.3) is 0 Å². The van der Waals surface area contributed by atoms with Crippen molar-refractivity contribution in [3.8, 4) is 0 Å². The number of amides is 1. The minimum Gasteiger partial charge on any atom is -0.462 e. The quantitative estimate of drug-likeness (QED) is 0.418. The van der Waals surface area contributed by atoms with Gasteiger partial charge < -0.3 is 29.0 Å². The van der Waals surface area contributed by atoms with Crippen LogP contribution in [-0.2, 0) is 38.1 Å². The van der Waals surface area contributed by atoms with E-state index in [-0.39, 0.29) is 11.1 Å². The maximum atomic E-state index is 13.6. The standard InChI is InChI=1S/C27H31N3O8S/c1-16(31)29-19-21(35-25(33)20(34-17(2)32)18-9-5-3-6-10-18)23-24(38-27(37-23)11-7-4-8-12-27)22(19)36-26(39)30-14-13-28-15-30/h3,5-6,9-10,13-15,19-24H,4,7-8,11-12H2,1-2H3,(H,29,31)/t19-,20+,21-,22+,23+,24-/m1/s1. The number of esters is 2. The first kappa shape index (κ1) is 27.2. The maximum absolute atomic E-state index is 13.6. The van der Waals surface area contributed by atoms with Crippen molar-refractivity contribution in [2.45, 2.75) is 88.3 Å². The number of ether oxygens (including phenoxy) is 5. The van der Waals surface area contributed by atoms with Crippen molar-refractivity contribution in [2.75, 3.05) is 0 Å². The van der Waals surface area contributed by atoms with Crippen LogP contribution in [0, 0.1) is 0 Å². The number of carbonyl (C=O) groups excluding carboxylic acids is 3. The van der Waals surface area contributed by atoms with Crippen molar-refractivity contribution in [3.05, 3.63) is 54.6 Å². The van der Waals surface area contributed by atoms with Crippen molar-refractivity contribution >= 4 is 35.2 Å². The Bertz CT molecular complexity index is 1200. The number of imidazole rings is 1. The molecule has 12 heteroatoms. The summed E-state index contributed by atoms with van der Waals surface area (Å²) in [5.74, 6) is -2.65. The summed E-state index contributed by atoms with van der Waals surface area (Å²) in [5.41, 5.74) is 0.449. The molecule has 1 saturated heterocycles. The van der Waals surface area contributed by atoms with Gasteiger partial charge in [-0.1, -0.05) is 36.8 Å². The fraction of sp³-hybridized carbons (Fsp3) is 0.519. The molecule has 0 unspecified atom stereocenters. The number of carbonyl (C=O) groups is 3. The molecule has 39 heavy (non-hydrogen) atoms. The smallest absolute Gasteiger partial charge is 0.352 e. The number of fused-ring (bicyclic) bond motifs is 1. The monoisotopic (exact) mass is 557 g/mol. The number of nitrogens with one attached hydrogen (secondary N) is 1. The highest BCUT2D eigenvalue weighted by Gasteiger charge is 2.64. The molecular weight excluding hydrogens is 526 g/mol. The lowest BCUT2D eigenvalue weighted by molar-refractivity contribution is -0.219. The molecule has 3 aliphatic rings. The summed E-state index contributed by atoms with van der Waals surface area (Å²) in [6.07, 6.45) is 4.40. The van der Waals surface area contributed by atoms with E-state index in [1.54, 1.807) is 42.7 Å². The van der Waals surface area contributed by atoms with Crippen molar-refractivity contribution in [2.24, 2.45) is 0 Å². The van der Waals surface area contributed by atoms with Gasteiger partial charge >= 0.3 is 11.9 Å². The van der Waals surface area contributed by atoms with E-state index in [9.17, 15) is 14.4 Å². The zero-order valence-corrected chi connectivity index (χ0v) is 22.5. The summed E-state index contributed by atoms with van der Waals surface area (Å²) < 4.78 is 32.1. The van der Waals surface area contributed by atoms with Crippen molar-refractivity contribution < 1.29 is 38.1 Å². The van der Waals surface area contributed by atoms with E-state index in [1.807, 2.05) is 0 Å². The second-order valence-corrected chi connectivity index (χ2v) is 10.3. The Balaban J connectivity index is 1.46. The average Bonchev–Trinajstić information content (AvgIpc) is 3.62. The summed E-state index contributed by atoms with van der Waals surface area (Å²) >= 11 is 5.49. The van der Waals surface area contributed by atoms with E-state index in [0.717, 1.165) is 19.3 Å². The Morgan fingerprint density at radius 1 is 1.05 bits per heavy atom. The van der Waals surface area contributed by atoms with Crippen LogP contribution in [0.15, 0.2) is 49.1 Å². The van der Waals surface area contributed by atoms with E-state index in [2.05, 4.69) is 10.3 Å². The van der Waals surface area contributed by atoms with Crippen LogP contribution in [0.4, 0.5) is 0 Å². The number of hydrogen-bond donors (Lipinski definition) is 1. The third-order valence-corrected chi connectivity index (χ3v) is 7.48. The van der Waals surface area contributed by atoms with Gasteiger partial charge in [0.25, 0.3) is 5.17 Å². The normalized spacial score (nSPS) is 27.8. The zero-order valence-electron chi connectivity index (χ0n) is 21.7. The van der Waals surface area contributed by atoms with Crippen molar-refractivity contribution in [3.63, 3.8) is 0 Å². The molecule has 6 atom stereocenters. The fourth-order valence-corrected chi connectivity index (χ4v) is 5.77. The molecule has 0 radical (unpaired) electrons. The SMILES string of the molecule is CC(=O)N[C@@H]1[C@@H](OC(=O)[C@@H](OC(C)=O)c2ccccc2)[C@@H]2OC3(CCCCC3)O[C@@H]2[C@H]1OC(=S)n1ccnc1. The molecule has 1 aromatic heterocycles. The van der Waals surface area contributed by atoms with Gasteiger partial charge in [-0.15, -0.1) is 0 Å². The summed E-state index contributed by atoms with van der Waals surface area (Å²) in [7, 11) is 0. The molecule has 0 bridgehead atoms. The number of aromatic nitrogens is 2. The number of benzene rings is 1. The lowest BCUT2D eigenvalue weighted by atomic mass is 9.94. The highest BCUT2D eigenvalue weighted by molar-refractivity contribution is 7.80. The van der Waals surface area contributed by atoms with Crippen LogP contribution in [0.3, 0.4) is 0 Å². The first-order valence-corrected chi connectivity index (χ1v) is 13.4. The Labute approximate surface area is 231 Å². The first-order chi connectivity index (χ1) is 18.8. The van der Waals surface area contributed by atoms with E-state index in [0.29, 0.717) is 18.4 Å². The minimum atomic E-state index is -1.31. The predicted molar refractivity (Wildman–Crippen MR) is 139 cm³/mol. The molecular formula is C27H31N3O8S. The van der Waals surface area contributed by atoms with Gasteiger partial charge in [0.2, 0.25) is 12.0 Å². The molecule has 1 amide bonds. The zero-order chi connectivity index (χ0) is 27.6. The second kappa shape index (κ2) is 11.4. The Morgan fingerprint density at radius 3 is 2.31 bits per heavy atom. The molecule has 1 spiro atoms. The van der Waals surface area contributed by atoms with Gasteiger partial charge in [0.15, 0.2) is 18.0 Å². The van der Waals surface area contributed by atoms with Crippen LogP contribution in [0.1, 0.15) is 57.6 Å². The lowest BCUT2D eigenvalue weighted by Gasteiger charge is -2.36. The first-order valence-electron chi connectivity index (χ1n) is 13.0. The van der Waals surface area contributed by atoms with Gasteiger partial charge in [0.05, 0.1) is 0 Å². The molecule has 208 valence electrons. The Morgan fingerprint density at radius 2 is 1.72 bits per heavy atom. The van der Waals surface area contributed by atoms with Gasteiger partial charge in [0.1, 0.15) is 24.6 Å². The highest BCUT2D eigenvalue weighted by atomic mass is 32.1. The molecule has 2 aliphatic carbocycles. The van der Waals surface area contributed by atoms with Crippen LogP contribution < -0.4 is 5.32 Å². The van der Waals surface area contributed by atoms with Crippen molar-refractivity contribution in [1.82, 2.24) is 14.9 Å². The van der Waals surface area contributed by atoms with Crippen LogP contribution >= 0.6 is 12.2 Å². The van der Waals surface area contributed by atoms with E-state index in [4.69, 9.17) is 35.9 Å². The number of hydrogen-bond acceptors (Lipinski definition) is 10. The second-order valence-electron chi connectivity index (χ2n) is 9.98. The van der Waals surface area contributed by atoms with Gasteiger partial charge in [0, 0.05) is 44.6 Å². The largest absolute Gasteiger partial charge is 0.462 e. The molecule has 1 aromatic carbocycles. The van der Waals surface area contributed by atoms with Gasteiger partial charge in [-0.2, -0.15) is 0 Å². The van der Waals surface area contributed by atoms with Gasteiger partial charge in [-0.3, -0.25) is 14.2 Å².